The summed E-state index contributed by atoms with van der Waals surface area (Å²) in [5, 5.41) is 0. The molecule has 0 saturated heterocycles. The van der Waals surface area contributed by atoms with Gasteiger partial charge in [0.2, 0.25) is 5.91 Å². The summed E-state index contributed by atoms with van der Waals surface area (Å²) in [6.45, 7) is 2.78. The van der Waals surface area contributed by atoms with E-state index in [0.717, 1.165) is 8.16 Å². The maximum Gasteiger partial charge on any atom is 0.348 e. The van der Waals surface area contributed by atoms with Crippen LogP contribution in [-0.4, -0.2) is 14.1 Å². The molecule has 0 saturated carbocycles. The maximum atomic E-state index is 11.2. The standard InChI is InChI=1S/C7H7BrN2O3/c1-4-3-9(5(2)11)7(13)10(8)6(4)12/h3H,1-2H3. The third-order valence-electron chi connectivity index (χ3n) is 1.55. The lowest BCUT2D eigenvalue weighted by Gasteiger charge is -2.02. The van der Waals surface area contributed by atoms with Crippen LogP contribution in [0.4, 0.5) is 0 Å². The van der Waals surface area contributed by atoms with Crippen LogP contribution in [0.2, 0.25) is 0 Å². The summed E-state index contributed by atoms with van der Waals surface area (Å²) in [7, 11) is 0. The van der Waals surface area contributed by atoms with Gasteiger partial charge >= 0.3 is 5.69 Å². The molecular weight excluding hydrogens is 240 g/mol. The van der Waals surface area contributed by atoms with Gasteiger partial charge < -0.3 is 0 Å². The van der Waals surface area contributed by atoms with Crippen molar-refractivity contribution in [2.24, 2.45) is 0 Å². The van der Waals surface area contributed by atoms with Crippen LogP contribution >= 0.6 is 16.1 Å². The van der Waals surface area contributed by atoms with Crippen LogP contribution in [0, 0.1) is 6.92 Å². The molecule has 0 N–H and O–H groups in total. The first kappa shape index (κ1) is 9.91. The lowest BCUT2D eigenvalue weighted by Crippen LogP contribution is -2.38. The van der Waals surface area contributed by atoms with Gasteiger partial charge in [0, 0.05) is 18.7 Å². The molecule has 0 atom stereocenters. The number of aromatic nitrogens is 2. The predicted molar refractivity (Wildman–Crippen MR) is 50.3 cm³/mol. The van der Waals surface area contributed by atoms with Gasteiger partial charge in [-0.3, -0.25) is 9.59 Å². The Kier molecular flexibility index (Phi) is 2.51. The maximum absolute atomic E-state index is 11.2. The van der Waals surface area contributed by atoms with E-state index in [1.165, 1.54) is 20.0 Å². The summed E-state index contributed by atoms with van der Waals surface area (Å²) < 4.78 is 1.59. The van der Waals surface area contributed by atoms with Gasteiger partial charge in [0.1, 0.15) is 0 Å². The molecule has 1 aromatic heterocycles. The molecule has 0 radical (unpaired) electrons. The van der Waals surface area contributed by atoms with Crippen LogP contribution in [0.5, 0.6) is 0 Å². The van der Waals surface area contributed by atoms with E-state index in [1.54, 1.807) is 0 Å². The number of aryl methyl sites for hydroxylation is 1. The van der Waals surface area contributed by atoms with Crippen molar-refractivity contribution >= 4 is 22.1 Å². The summed E-state index contributed by atoms with van der Waals surface area (Å²) in [6, 6.07) is 0. The Morgan fingerprint density at radius 3 is 2.46 bits per heavy atom. The molecule has 0 spiro atoms. The highest BCUT2D eigenvalue weighted by molar-refractivity contribution is 9.08. The zero-order valence-corrected chi connectivity index (χ0v) is 8.66. The number of carbonyl (C=O) groups excluding carboxylic acids is 1. The van der Waals surface area contributed by atoms with Gasteiger partial charge in [-0.05, 0) is 6.92 Å². The first-order valence-corrected chi connectivity index (χ1v) is 4.18. The SMILES string of the molecule is CC(=O)n1cc(C)c(=O)n(Br)c1=O. The average molecular weight is 247 g/mol. The van der Waals surface area contributed by atoms with E-state index in [1.807, 2.05) is 0 Å². The Bertz CT molecular complexity index is 472. The second-order valence-corrected chi connectivity index (χ2v) is 3.28. The van der Waals surface area contributed by atoms with Crippen LogP contribution in [0.25, 0.3) is 0 Å². The molecule has 0 aliphatic carbocycles. The van der Waals surface area contributed by atoms with Crippen LogP contribution < -0.4 is 11.2 Å². The molecular formula is C7H7BrN2O3. The van der Waals surface area contributed by atoms with E-state index >= 15 is 0 Å². The van der Waals surface area contributed by atoms with Crippen molar-refractivity contribution in [3.05, 3.63) is 32.6 Å². The molecule has 0 unspecified atom stereocenters. The largest absolute Gasteiger partial charge is 0.348 e. The highest BCUT2D eigenvalue weighted by atomic mass is 79.9. The molecule has 0 fully saturated rings. The van der Waals surface area contributed by atoms with Crippen molar-refractivity contribution in [3.8, 4) is 0 Å². The van der Waals surface area contributed by atoms with Crippen molar-refractivity contribution in [1.82, 2.24) is 8.16 Å². The third-order valence-corrected chi connectivity index (χ3v) is 2.18. The first-order valence-electron chi connectivity index (χ1n) is 3.47. The molecule has 0 bridgehead atoms. The van der Waals surface area contributed by atoms with Gasteiger partial charge in [-0.25, -0.2) is 9.36 Å². The number of hydrogen-bond donors (Lipinski definition) is 0. The van der Waals surface area contributed by atoms with E-state index in [2.05, 4.69) is 16.1 Å². The van der Waals surface area contributed by atoms with Crippen molar-refractivity contribution in [3.63, 3.8) is 0 Å². The zero-order valence-electron chi connectivity index (χ0n) is 7.07. The van der Waals surface area contributed by atoms with Crippen LogP contribution in [0.3, 0.4) is 0 Å². The van der Waals surface area contributed by atoms with Gasteiger partial charge in [-0.1, -0.05) is 0 Å². The number of hydrogen-bond acceptors (Lipinski definition) is 3. The lowest BCUT2D eigenvalue weighted by atomic mass is 10.4. The number of carbonyl (C=O) groups is 1. The minimum Gasteiger partial charge on any atom is -0.274 e. The number of rotatable bonds is 0. The van der Waals surface area contributed by atoms with Crippen LogP contribution in [0.15, 0.2) is 15.8 Å². The normalized spacial score (nSPS) is 10.1. The topological polar surface area (TPSA) is 61.1 Å². The molecule has 1 heterocycles. The predicted octanol–water partition coefficient (Wildman–Crippen LogP) is 0.137. The summed E-state index contributed by atoms with van der Waals surface area (Å²) in [6.07, 6.45) is 1.23. The molecule has 0 aromatic carbocycles. The molecule has 1 rings (SSSR count). The van der Waals surface area contributed by atoms with E-state index in [0.29, 0.717) is 5.56 Å². The number of halogens is 1. The second-order valence-electron chi connectivity index (χ2n) is 2.57. The molecule has 0 aliphatic rings. The Balaban J connectivity index is 3.70. The van der Waals surface area contributed by atoms with Crippen molar-refractivity contribution in [2.75, 3.05) is 0 Å². The van der Waals surface area contributed by atoms with E-state index in [4.69, 9.17) is 0 Å². The third kappa shape index (κ3) is 1.62. The van der Waals surface area contributed by atoms with Crippen molar-refractivity contribution < 1.29 is 4.79 Å². The number of nitrogens with zero attached hydrogens (tertiary/aromatic N) is 2. The molecule has 5 nitrogen and oxygen atoms in total. The summed E-state index contributed by atoms with van der Waals surface area (Å²) >= 11 is 2.77. The van der Waals surface area contributed by atoms with Gasteiger partial charge in [-0.2, -0.15) is 3.59 Å². The van der Waals surface area contributed by atoms with Gasteiger partial charge in [0.25, 0.3) is 5.56 Å². The summed E-state index contributed by atoms with van der Waals surface area (Å²) in [5.41, 5.74) is -0.822. The lowest BCUT2D eigenvalue weighted by molar-refractivity contribution is 0.0930. The quantitative estimate of drug-likeness (QED) is 0.655. The molecule has 13 heavy (non-hydrogen) atoms. The van der Waals surface area contributed by atoms with Crippen molar-refractivity contribution in [1.29, 1.82) is 0 Å². The highest BCUT2D eigenvalue weighted by Crippen LogP contribution is 1.88. The minimum atomic E-state index is -0.692. The fourth-order valence-corrected chi connectivity index (χ4v) is 1.32. The molecule has 6 heteroatoms. The molecule has 70 valence electrons. The summed E-state index contributed by atoms with van der Waals surface area (Å²) in [4.78, 5) is 33.3. The Labute approximate surface area is 81.9 Å². The molecule has 0 amide bonds. The second kappa shape index (κ2) is 3.29. The van der Waals surface area contributed by atoms with E-state index in [-0.39, 0.29) is 0 Å². The fourth-order valence-electron chi connectivity index (χ4n) is 0.866. The monoisotopic (exact) mass is 246 g/mol. The highest BCUT2D eigenvalue weighted by Gasteiger charge is 2.08. The smallest absolute Gasteiger partial charge is 0.274 e. The average Bonchev–Trinajstić information content (AvgIpc) is 2.07. The zero-order chi connectivity index (χ0) is 10.2. The van der Waals surface area contributed by atoms with Gasteiger partial charge in [0.05, 0.1) is 16.1 Å². The van der Waals surface area contributed by atoms with Gasteiger partial charge in [-0.15, -0.1) is 0 Å². The Morgan fingerprint density at radius 1 is 1.46 bits per heavy atom. The first-order chi connectivity index (χ1) is 5.95. The fraction of sp³-hybridized carbons (Fsp3) is 0.286. The molecule has 1 aromatic rings. The Hall–Kier alpha value is -1.17. The van der Waals surface area contributed by atoms with E-state index in [9.17, 15) is 14.4 Å². The van der Waals surface area contributed by atoms with Crippen LogP contribution in [0.1, 0.15) is 17.3 Å². The van der Waals surface area contributed by atoms with E-state index < -0.39 is 17.2 Å². The van der Waals surface area contributed by atoms with Crippen molar-refractivity contribution in [2.45, 2.75) is 13.8 Å². The van der Waals surface area contributed by atoms with Crippen LogP contribution in [-0.2, 0) is 0 Å². The Morgan fingerprint density at radius 2 is 2.00 bits per heavy atom. The minimum absolute atomic E-state index is 0.326. The summed E-state index contributed by atoms with van der Waals surface area (Å²) in [5.74, 6) is -0.429. The molecule has 0 aliphatic heterocycles. The van der Waals surface area contributed by atoms with Gasteiger partial charge in [0.15, 0.2) is 0 Å².